The molecular weight excluding hydrogens is 368 g/mol. The van der Waals surface area contributed by atoms with Gasteiger partial charge < -0.3 is 14.8 Å². The molecule has 1 aliphatic heterocycles. The Bertz CT molecular complexity index is 1170. The number of amides is 2. The van der Waals surface area contributed by atoms with Crippen LogP contribution in [0.1, 0.15) is 35.1 Å². The SMILES string of the molecule is CCC(=O)N1CCc2cc(C(=O)N(C)Cc3nc4ccccc4c(=O)[nH]3)ccc21. The van der Waals surface area contributed by atoms with Crippen molar-refractivity contribution in [3.05, 3.63) is 69.8 Å². The summed E-state index contributed by atoms with van der Waals surface area (Å²) in [6.45, 7) is 2.69. The summed E-state index contributed by atoms with van der Waals surface area (Å²) in [6.07, 6.45) is 1.20. The van der Waals surface area contributed by atoms with Crippen molar-refractivity contribution in [1.29, 1.82) is 0 Å². The van der Waals surface area contributed by atoms with E-state index < -0.39 is 0 Å². The van der Waals surface area contributed by atoms with Gasteiger partial charge in [0.1, 0.15) is 5.82 Å². The molecule has 2 amide bonds. The van der Waals surface area contributed by atoms with Crippen LogP contribution in [0.2, 0.25) is 0 Å². The van der Waals surface area contributed by atoms with Gasteiger partial charge in [-0.15, -0.1) is 0 Å². The molecule has 148 valence electrons. The zero-order valence-corrected chi connectivity index (χ0v) is 16.4. The second kappa shape index (κ2) is 7.50. The minimum Gasteiger partial charge on any atom is -0.334 e. The summed E-state index contributed by atoms with van der Waals surface area (Å²) in [5, 5.41) is 0.523. The fraction of sp³-hybridized carbons (Fsp3) is 0.273. The maximum absolute atomic E-state index is 12.9. The van der Waals surface area contributed by atoms with Crippen LogP contribution in [0.4, 0.5) is 5.69 Å². The first-order valence-corrected chi connectivity index (χ1v) is 9.64. The molecule has 1 aromatic heterocycles. The van der Waals surface area contributed by atoms with Crippen molar-refractivity contribution in [3.8, 4) is 0 Å². The van der Waals surface area contributed by atoms with Gasteiger partial charge in [-0.3, -0.25) is 14.4 Å². The lowest BCUT2D eigenvalue weighted by Gasteiger charge is -2.19. The molecule has 1 N–H and O–H groups in total. The molecule has 2 heterocycles. The monoisotopic (exact) mass is 390 g/mol. The Labute approximate surface area is 168 Å². The summed E-state index contributed by atoms with van der Waals surface area (Å²) in [6, 6.07) is 12.6. The number of H-pyrrole nitrogens is 1. The van der Waals surface area contributed by atoms with E-state index >= 15 is 0 Å². The fourth-order valence-electron chi connectivity index (χ4n) is 3.71. The minimum absolute atomic E-state index is 0.0891. The number of hydrogen-bond acceptors (Lipinski definition) is 4. The number of aromatic nitrogens is 2. The Balaban J connectivity index is 1.55. The van der Waals surface area contributed by atoms with Gasteiger partial charge in [-0.2, -0.15) is 0 Å². The number of nitrogens with zero attached hydrogens (tertiary/aromatic N) is 3. The van der Waals surface area contributed by atoms with Gasteiger partial charge in [0, 0.05) is 31.3 Å². The first-order valence-electron chi connectivity index (χ1n) is 9.64. The second-order valence-electron chi connectivity index (χ2n) is 7.18. The standard InChI is InChI=1S/C22H22N4O3/c1-3-20(27)26-11-10-14-12-15(8-9-18(14)26)22(29)25(2)13-19-23-17-7-5-4-6-16(17)21(28)24-19/h4-9,12H,3,10-11,13H2,1-2H3,(H,23,24,28). The normalized spacial score (nSPS) is 12.8. The maximum atomic E-state index is 12.9. The minimum atomic E-state index is -0.218. The van der Waals surface area contributed by atoms with E-state index in [2.05, 4.69) is 9.97 Å². The van der Waals surface area contributed by atoms with Gasteiger partial charge in [-0.25, -0.2) is 4.98 Å². The van der Waals surface area contributed by atoms with Gasteiger partial charge in [0.25, 0.3) is 11.5 Å². The summed E-state index contributed by atoms with van der Waals surface area (Å²) >= 11 is 0. The smallest absolute Gasteiger partial charge is 0.258 e. The average molecular weight is 390 g/mol. The first kappa shape index (κ1) is 18.9. The molecule has 0 aliphatic carbocycles. The molecule has 29 heavy (non-hydrogen) atoms. The zero-order chi connectivity index (χ0) is 20.5. The predicted octanol–water partition coefficient (Wildman–Crippen LogP) is 2.49. The van der Waals surface area contributed by atoms with Crippen molar-refractivity contribution < 1.29 is 9.59 Å². The van der Waals surface area contributed by atoms with E-state index in [1.165, 1.54) is 4.90 Å². The predicted molar refractivity (Wildman–Crippen MR) is 111 cm³/mol. The van der Waals surface area contributed by atoms with E-state index in [0.717, 1.165) is 17.7 Å². The van der Waals surface area contributed by atoms with Crippen molar-refractivity contribution in [1.82, 2.24) is 14.9 Å². The molecular formula is C22H22N4O3. The Morgan fingerprint density at radius 1 is 1.21 bits per heavy atom. The number of fused-ring (bicyclic) bond motifs is 2. The number of benzene rings is 2. The fourth-order valence-corrected chi connectivity index (χ4v) is 3.71. The van der Waals surface area contributed by atoms with Gasteiger partial charge in [0.15, 0.2) is 0 Å². The summed E-state index contributed by atoms with van der Waals surface area (Å²) < 4.78 is 0. The number of aromatic amines is 1. The molecule has 0 unspecified atom stereocenters. The molecule has 1 aliphatic rings. The van der Waals surface area contributed by atoms with Crippen molar-refractivity contribution in [3.63, 3.8) is 0 Å². The van der Waals surface area contributed by atoms with Gasteiger partial charge in [-0.05, 0) is 42.3 Å². The third-order valence-corrected chi connectivity index (χ3v) is 5.22. The highest BCUT2D eigenvalue weighted by atomic mass is 16.2. The number of rotatable bonds is 4. The molecule has 4 rings (SSSR count). The third-order valence-electron chi connectivity index (χ3n) is 5.22. The second-order valence-corrected chi connectivity index (χ2v) is 7.18. The van der Waals surface area contributed by atoms with E-state index in [1.807, 2.05) is 25.1 Å². The molecule has 0 saturated heterocycles. The zero-order valence-electron chi connectivity index (χ0n) is 16.4. The number of anilines is 1. The molecule has 0 bridgehead atoms. The van der Waals surface area contributed by atoms with E-state index in [-0.39, 0.29) is 23.9 Å². The van der Waals surface area contributed by atoms with Crippen LogP contribution in [0.25, 0.3) is 10.9 Å². The first-order chi connectivity index (χ1) is 14.0. The van der Waals surface area contributed by atoms with Crippen molar-refractivity contribution in [2.45, 2.75) is 26.3 Å². The van der Waals surface area contributed by atoms with E-state index in [1.54, 1.807) is 36.2 Å². The van der Waals surface area contributed by atoms with Crippen molar-refractivity contribution >= 4 is 28.4 Å². The molecule has 7 nitrogen and oxygen atoms in total. The lowest BCUT2D eigenvalue weighted by atomic mass is 10.1. The van der Waals surface area contributed by atoms with Gasteiger partial charge in [-0.1, -0.05) is 19.1 Å². The van der Waals surface area contributed by atoms with Crippen LogP contribution in [0.5, 0.6) is 0 Å². The molecule has 0 fully saturated rings. The highest BCUT2D eigenvalue weighted by molar-refractivity contribution is 5.98. The molecule has 0 spiro atoms. The number of nitrogens with one attached hydrogen (secondary N) is 1. The van der Waals surface area contributed by atoms with Crippen LogP contribution in [-0.4, -0.2) is 40.3 Å². The topological polar surface area (TPSA) is 86.4 Å². The van der Waals surface area contributed by atoms with Crippen molar-refractivity contribution in [2.24, 2.45) is 0 Å². The number of carbonyl (C=O) groups is 2. The van der Waals surface area contributed by atoms with Gasteiger partial charge >= 0.3 is 0 Å². The third kappa shape index (κ3) is 3.51. The summed E-state index contributed by atoms with van der Waals surface area (Å²) in [5.74, 6) is 0.362. The summed E-state index contributed by atoms with van der Waals surface area (Å²) in [5.41, 5.74) is 2.83. The summed E-state index contributed by atoms with van der Waals surface area (Å²) in [7, 11) is 1.68. The van der Waals surface area contributed by atoms with Crippen LogP contribution in [0.3, 0.4) is 0 Å². The van der Waals surface area contributed by atoms with Gasteiger partial charge in [0.05, 0.1) is 17.4 Å². The highest BCUT2D eigenvalue weighted by Crippen LogP contribution is 2.29. The lowest BCUT2D eigenvalue weighted by molar-refractivity contribution is -0.118. The van der Waals surface area contributed by atoms with E-state index in [0.29, 0.717) is 35.3 Å². The van der Waals surface area contributed by atoms with Crippen molar-refractivity contribution in [2.75, 3.05) is 18.5 Å². The molecule has 2 aromatic carbocycles. The van der Waals surface area contributed by atoms with E-state index in [9.17, 15) is 14.4 Å². The number of para-hydroxylation sites is 1. The quantitative estimate of drug-likeness (QED) is 0.742. The van der Waals surface area contributed by atoms with Crippen LogP contribution >= 0.6 is 0 Å². The molecule has 0 radical (unpaired) electrons. The van der Waals surface area contributed by atoms with Crippen LogP contribution < -0.4 is 10.5 Å². The van der Waals surface area contributed by atoms with E-state index in [4.69, 9.17) is 0 Å². The Morgan fingerprint density at radius 2 is 2.00 bits per heavy atom. The maximum Gasteiger partial charge on any atom is 0.258 e. The van der Waals surface area contributed by atoms with Gasteiger partial charge in [0.2, 0.25) is 5.91 Å². The summed E-state index contributed by atoms with van der Waals surface area (Å²) in [4.78, 5) is 47.7. The largest absolute Gasteiger partial charge is 0.334 e. The number of hydrogen-bond donors (Lipinski definition) is 1. The van der Waals surface area contributed by atoms with Crippen LogP contribution in [-0.2, 0) is 17.8 Å². The van der Waals surface area contributed by atoms with Crippen LogP contribution in [0.15, 0.2) is 47.3 Å². The molecule has 0 saturated carbocycles. The highest BCUT2D eigenvalue weighted by Gasteiger charge is 2.25. The molecule has 0 atom stereocenters. The number of carbonyl (C=O) groups excluding carboxylic acids is 2. The molecule has 3 aromatic rings. The molecule has 7 heteroatoms. The van der Waals surface area contributed by atoms with Crippen LogP contribution in [0, 0.1) is 0 Å². The Kier molecular flexibility index (Phi) is 4.88. The Hall–Kier alpha value is -3.48. The lowest BCUT2D eigenvalue weighted by Crippen LogP contribution is -2.29. The average Bonchev–Trinajstić information content (AvgIpc) is 3.16. The Morgan fingerprint density at radius 3 is 2.79 bits per heavy atom.